The van der Waals surface area contributed by atoms with Gasteiger partial charge in [0.2, 0.25) is 5.91 Å². The lowest BCUT2D eigenvalue weighted by atomic mass is 10.2. The van der Waals surface area contributed by atoms with E-state index in [0.29, 0.717) is 18.7 Å². The van der Waals surface area contributed by atoms with Crippen molar-refractivity contribution in [3.05, 3.63) is 70.7 Å². The highest BCUT2D eigenvalue weighted by atomic mass is 35.5. The maximum atomic E-state index is 12.3. The number of hydrogen-bond donors (Lipinski definition) is 2. The van der Waals surface area contributed by atoms with Gasteiger partial charge in [0.15, 0.2) is 0 Å². The van der Waals surface area contributed by atoms with Crippen molar-refractivity contribution in [2.75, 3.05) is 32.7 Å². The summed E-state index contributed by atoms with van der Waals surface area (Å²) in [5, 5.41) is 3.46. The minimum atomic E-state index is -0.218. The Bertz CT molecular complexity index is 759. The van der Waals surface area contributed by atoms with Gasteiger partial charge in [-0.3, -0.25) is 9.59 Å². The lowest BCUT2D eigenvalue weighted by Gasteiger charge is -2.32. The van der Waals surface area contributed by atoms with E-state index in [-0.39, 0.29) is 18.4 Å². The highest BCUT2D eigenvalue weighted by Crippen LogP contribution is 2.09. The molecule has 0 aromatic heterocycles. The quantitative estimate of drug-likeness (QED) is 0.822. The van der Waals surface area contributed by atoms with Crippen molar-refractivity contribution in [2.24, 2.45) is 0 Å². The second-order valence-corrected chi connectivity index (χ2v) is 6.92. The van der Waals surface area contributed by atoms with Crippen LogP contribution in [0.3, 0.4) is 0 Å². The Balaban J connectivity index is 1.43. The molecule has 0 atom stereocenters. The highest BCUT2D eigenvalue weighted by molar-refractivity contribution is 6.30. The standard InChI is InChI=1S/C20H22ClN3O2/c21-18-8-4-5-16(13-18)15-23-9-11-24(12-10-23)19(25)14-22-20(26)17-6-2-1-3-7-17/h1-8,13H,9-12,14-15H2,(H,22,26)/p+1. The highest BCUT2D eigenvalue weighted by Gasteiger charge is 2.24. The summed E-state index contributed by atoms with van der Waals surface area (Å²) in [6, 6.07) is 16.8. The van der Waals surface area contributed by atoms with Crippen LogP contribution in [0.2, 0.25) is 5.02 Å². The van der Waals surface area contributed by atoms with Crippen LogP contribution in [0, 0.1) is 0 Å². The number of quaternary nitrogens is 1. The molecule has 0 aliphatic carbocycles. The van der Waals surface area contributed by atoms with Gasteiger partial charge in [-0.05, 0) is 24.3 Å². The van der Waals surface area contributed by atoms with Gasteiger partial charge in [-0.1, -0.05) is 41.9 Å². The molecule has 0 spiro atoms. The molecule has 2 aromatic rings. The predicted molar refractivity (Wildman–Crippen MR) is 101 cm³/mol. The molecule has 2 amide bonds. The first-order chi connectivity index (χ1) is 12.6. The summed E-state index contributed by atoms with van der Waals surface area (Å²) >= 11 is 6.04. The van der Waals surface area contributed by atoms with Crippen LogP contribution in [0.5, 0.6) is 0 Å². The number of carbonyl (C=O) groups is 2. The lowest BCUT2D eigenvalue weighted by Crippen LogP contribution is -3.13. The Morgan fingerprint density at radius 2 is 1.77 bits per heavy atom. The Kier molecular flexibility index (Phi) is 6.26. The normalized spacial score (nSPS) is 14.9. The number of nitrogens with zero attached hydrogens (tertiary/aromatic N) is 1. The van der Waals surface area contributed by atoms with Gasteiger partial charge in [-0.2, -0.15) is 0 Å². The van der Waals surface area contributed by atoms with Crippen molar-refractivity contribution in [2.45, 2.75) is 6.54 Å². The molecule has 2 N–H and O–H groups in total. The molecule has 2 aromatic carbocycles. The Hall–Kier alpha value is -2.37. The molecular weight excluding hydrogens is 350 g/mol. The van der Waals surface area contributed by atoms with E-state index >= 15 is 0 Å². The molecule has 1 aliphatic rings. The van der Waals surface area contributed by atoms with Gasteiger partial charge in [-0.25, -0.2) is 0 Å². The van der Waals surface area contributed by atoms with E-state index in [0.717, 1.165) is 24.7 Å². The number of hydrogen-bond acceptors (Lipinski definition) is 2. The number of benzene rings is 2. The molecule has 1 aliphatic heterocycles. The maximum absolute atomic E-state index is 12.3. The van der Waals surface area contributed by atoms with Crippen LogP contribution in [0.4, 0.5) is 0 Å². The third kappa shape index (κ3) is 5.07. The van der Waals surface area contributed by atoms with Crippen molar-refractivity contribution in [3.8, 4) is 0 Å². The smallest absolute Gasteiger partial charge is 0.251 e. The minimum absolute atomic E-state index is 0.0314. The summed E-state index contributed by atoms with van der Waals surface area (Å²) in [5.74, 6) is -0.250. The maximum Gasteiger partial charge on any atom is 0.251 e. The molecule has 136 valence electrons. The van der Waals surface area contributed by atoms with Crippen LogP contribution in [-0.4, -0.2) is 49.4 Å². The molecule has 0 saturated carbocycles. The molecule has 1 heterocycles. The van der Waals surface area contributed by atoms with E-state index in [1.807, 2.05) is 29.2 Å². The van der Waals surface area contributed by atoms with Crippen molar-refractivity contribution >= 4 is 23.4 Å². The fourth-order valence-electron chi connectivity index (χ4n) is 3.14. The van der Waals surface area contributed by atoms with Gasteiger partial charge in [-0.15, -0.1) is 0 Å². The van der Waals surface area contributed by atoms with Crippen LogP contribution >= 0.6 is 11.6 Å². The van der Waals surface area contributed by atoms with Gasteiger partial charge >= 0.3 is 0 Å². The zero-order chi connectivity index (χ0) is 18.4. The number of amides is 2. The molecule has 6 heteroatoms. The molecule has 3 rings (SSSR count). The summed E-state index contributed by atoms with van der Waals surface area (Å²) < 4.78 is 0. The first kappa shape index (κ1) is 18.4. The first-order valence-electron chi connectivity index (χ1n) is 8.81. The van der Waals surface area contributed by atoms with E-state index in [9.17, 15) is 9.59 Å². The van der Waals surface area contributed by atoms with Gasteiger partial charge in [0.05, 0.1) is 32.7 Å². The molecule has 0 radical (unpaired) electrons. The molecule has 5 nitrogen and oxygen atoms in total. The van der Waals surface area contributed by atoms with Crippen LogP contribution in [0.15, 0.2) is 54.6 Å². The third-order valence-electron chi connectivity index (χ3n) is 4.60. The SMILES string of the molecule is O=C(NCC(=O)N1CC[NH+](Cc2cccc(Cl)c2)CC1)c1ccccc1. The van der Waals surface area contributed by atoms with Crippen LogP contribution < -0.4 is 10.2 Å². The van der Waals surface area contributed by atoms with E-state index in [2.05, 4.69) is 11.4 Å². The summed E-state index contributed by atoms with van der Waals surface area (Å²) in [7, 11) is 0. The van der Waals surface area contributed by atoms with E-state index in [4.69, 9.17) is 11.6 Å². The van der Waals surface area contributed by atoms with Crippen molar-refractivity contribution in [3.63, 3.8) is 0 Å². The fourth-order valence-corrected chi connectivity index (χ4v) is 3.36. The van der Waals surface area contributed by atoms with Gasteiger partial charge in [0, 0.05) is 16.1 Å². The number of nitrogens with one attached hydrogen (secondary N) is 2. The van der Waals surface area contributed by atoms with E-state index in [1.54, 1.807) is 24.3 Å². The van der Waals surface area contributed by atoms with Crippen LogP contribution in [0.1, 0.15) is 15.9 Å². The summed E-state index contributed by atoms with van der Waals surface area (Å²) in [5.41, 5.74) is 1.78. The number of halogens is 1. The first-order valence-corrected chi connectivity index (χ1v) is 9.18. The lowest BCUT2D eigenvalue weighted by molar-refractivity contribution is -0.917. The fraction of sp³-hybridized carbons (Fsp3) is 0.300. The number of rotatable bonds is 5. The Labute approximate surface area is 158 Å². The topological polar surface area (TPSA) is 53.9 Å². The Morgan fingerprint density at radius 3 is 2.46 bits per heavy atom. The van der Waals surface area contributed by atoms with Gasteiger partial charge in [0.1, 0.15) is 6.54 Å². The third-order valence-corrected chi connectivity index (χ3v) is 4.84. The van der Waals surface area contributed by atoms with E-state index < -0.39 is 0 Å². The predicted octanol–water partition coefficient (Wildman–Crippen LogP) is 0.997. The summed E-state index contributed by atoms with van der Waals surface area (Å²) in [6.07, 6.45) is 0. The zero-order valence-corrected chi connectivity index (χ0v) is 15.3. The van der Waals surface area contributed by atoms with E-state index in [1.165, 1.54) is 10.5 Å². The molecule has 1 saturated heterocycles. The number of piperazine rings is 1. The Morgan fingerprint density at radius 1 is 1.04 bits per heavy atom. The monoisotopic (exact) mass is 372 g/mol. The summed E-state index contributed by atoms with van der Waals surface area (Å²) in [4.78, 5) is 27.6. The second kappa shape index (κ2) is 8.83. The number of carbonyl (C=O) groups excluding carboxylic acids is 2. The van der Waals surface area contributed by atoms with Crippen molar-refractivity contribution < 1.29 is 14.5 Å². The molecular formula is C20H23ClN3O2+. The van der Waals surface area contributed by atoms with Gasteiger partial charge < -0.3 is 15.1 Å². The molecule has 1 fully saturated rings. The second-order valence-electron chi connectivity index (χ2n) is 6.49. The molecule has 0 bridgehead atoms. The van der Waals surface area contributed by atoms with Crippen LogP contribution in [-0.2, 0) is 11.3 Å². The average molecular weight is 373 g/mol. The molecule has 0 unspecified atom stereocenters. The largest absolute Gasteiger partial charge is 0.343 e. The van der Waals surface area contributed by atoms with Gasteiger partial charge in [0.25, 0.3) is 5.91 Å². The van der Waals surface area contributed by atoms with Crippen LogP contribution in [0.25, 0.3) is 0 Å². The molecule has 26 heavy (non-hydrogen) atoms. The van der Waals surface area contributed by atoms with Crippen molar-refractivity contribution in [1.29, 1.82) is 0 Å². The van der Waals surface area contributed by atoms with Crippen molar-refractivity contribution in [1.82, 2.24) is 10.2 Å². The summed E-state index contributed by atoms with van der Waals surface area (Å²) in [6.45, 7) is 4.15. The zero-order valence-electron chi connectivity index (χ0n) is 14.6. The average Bonchev–Trinajstić information content (AvgIpc) is 2.67. The minimum Gasteiger partial charge on any atom is -0.343 e.